The minimum atomic E-state index is -0.250. The standard InChI is InChI=1S/C34H36N6O2/c1-24-14-17-27(18-15-24)29(41)23-39-30(19-16-25-9-4-2-5-10-25)36-32-31(33(39)42)40(21-26-11-6-3-7-12-26)34(37-32)38-20-8-13-28(35)22-38/h2-7,9-12,14-15,17-18,28H,8,13,16,19-23,35H2,1H3. The summed E-state index contributed by atoms with van der Waals surface area (Å²) in [6.07, 6.45) is 3.12. The Kier molecular flexibility index (Phi) is 7.97. The number of fused-ring (bicyclic) bond motifs is 1. The summed E-state index contributed by atoms with van der Waals surface area (Å²) in [5.41, 5.74) is 10.8. The molecule has 1 saturated heterocycles. The topological polar surface area (TPSA) is 99.0 Å². The van der Waals surface area contributed by atoms with E-state index in [-0.39, 0.29) is 23.9 Å². The predicted octanol–water partition coefficient (Wildman–Crippen LogP) is 4.55. The highest BCUT2D eigenvalue weighted by molar-refractivity contribution is 5.96. The number of rotatable bonds is 9. The molecule has 42 heavy (non-hydrogen) atoms. The van der Waals surface area contributed by atoms with E-state index in [1.807, 2.05) is 84.3 Å². The van der Waals surface area contributed by atoms with Gasteiger partial charge in [0.05, 0.1) is 13.1 Å². The Bertz CT molecular complexity index is 1740. The zero-order chi connectivity index (χ0) is 29.1. The molecule has 0 saturated carbocycles. The first kappa shape index (κ1) is 27.6. The van der Waals surface area contributed by atoms with Crippen molar-refractivity contribution in [2.75, 3.05) is 18.0 Å². The Hall–Kier alpha value is -4.56. The number of imidazole rings is 1. The van der Waals surface area contributed by atoms with Gasteiger partial charge in [0, 0.05) is 31.1 Å². The van der Waals surface area contributed by atoms with E-state index in [2.05, 4.69) is 17.0 Å². The van der Waals surface area contributed by atoms with Crippen molar-refractivity contribution in [2.24, 2.45) is 5.73 Å². The maximum absolute atomic E-state index is 14.4. The van der Waals surface area contributed by atoms with Crippen LogP contribution in [0, 0.1) is 6.92 Å². The summed E-state index contributed by atoms with van der Waals surface area (Å²) in [7, 11) is 0. The second-order valence-electron chi connectivity index (χ2n) is 11.2. The van der Waals surface area contributed by atoms with Gasteiger partial charge in [0.25, 0.3) is 5.56 Å². The third kappa shape index (κ3) is 5.90. The SMILES string of the molecule is Cc1ccc(C(=O)Cn2c(CCc3ccccc3)nc3nc(N4CCCC(N)C4)n(Cc4ccccc4)c3c2=O)cc1. The van der Waals surface area contributed by atoms with Crippen LogP contribution >= 0.6 is 0 Å². The Morgan fingerprint density at radius 1 is 0.881 bits per heavy atom. The van der Waals surface area contributed by atoms with Gasteiger partial charge in [-0.25, -0.2) is 4.98 Å². The molecule has 3 aromatic carbocycles. The molecule has 8 nitrogen and oxygen atoms in total. The lowest BCUT2D eigenvalue weighted by Gasteiger charge is -2.31. The first-order chi connectivity index (χ1) is 20.5. The number of hydrogen-bond donors (Lipinski definition) is 1. The van der Waals surface area contributed by atoms with E-state index in [9.17, 15) is 9.59 Å². The van der Waals surface area contributed by atoms with Crippen LogP contribution in [0.3, 0.4) is 0 Å². The van der Waals surface area contributed by atoms with Gasteiger partial charge in [0.1, 0.15) is 5.82 Å². The first-order valence-corrected chi connectivity index (χ1v) is 14.6. The number of carbonyl (C=O) groups excluding carboxylic acids is 1. The van der Waals surface area contributed by atoms with Crippen LogP contribution in [-0.4, -0.2) is 44.0 Å². The zero-order valence-electron chi connectivity index (χ0n) is 23.9. The number of hydrogen-bond acceptors (Lipinski definition) is 6. The van der Waals surface area contributed by atoms with Crippen LogP contribution in [0.4, 0.5) is 5.95 Å². The monoisotopic (exact) mass is 560 g/mol. The average molecular weight is 561 g/mol. The quantitative estimate of drug-likeness (QED) is 0.266. The second kappa shape index (κ2) is 12.1. The number of aromatic nitrogens is 4. The Morgan fingerprint density at radius 2 is 1.57 bits per heavy atom. The summed E-state index contributed by atoms with van der Waals surface area (Å²) in [6.45, 7) is 3.84. The van der Waals surface area contributed by atoms with Crippen LogP contribution < -0.4 is 16.2 Å². The van der Waals surface area contributed by atoms with E-state index in [0.717, 1.165) is 36.1 Å². The lowest BCUT2D eigenvalue weighted by molar-refractivity contribution is 0.0969. The van der Waals surface area contributed by atoms with E-state index in [4.69, 9.17) is 15.7 Å². The van der Waals surface area contributed by atoms with Gasteiger partial charge in [-0.3, -0.25) is 18.7 Å². The highest BCUT2D eigenvalue weighted by Crippen LogP contribution is 2.25. The smallest absolute Gasteiger partial charge is 0.280 e. The molecule has 5 aromatic rings. The zero-order valence-corrected chi connectivity index (χ0v) is 23.9. The van der Waals surface area contributed by atoms with Crippen molar-refractivity contribution in [1.82, 2.24) is 19.1 Å². The van der Waals surface area contributed by atoms with Crippen molar-refractivity contribution in [1.29, 1.82) is 0 Å². The van der Waals surface area contributed by atoms with Gasteiger partial charge >= 0.3 is 0 Å². The average Bonchev–Trinajstić information content (AvgIpc) is 3.37. The number of carbonyl (C=O) groups is 1. The molecule has 0 radical (unpaired) electrons. The van der Waals surface area contributed by atoms with Gasteiger partial charge in [-0.2, -0.15) is 4.98 Å². The largest absolute Gasteiger partial charge is 0.341 e. The summed E-state index contributed by atoms with van der Waals surface area (Å²) < 4.78 is 3.52. The molecule has 1 aliphatic rings. The molecule has 1 aliphatic heterocycles. The molecule has 6 rings (SSSR count). The van der Waals surface area contributed by atoms with Crippen molar-refractivity contribution >= 4 is 22.9 Å². The molecule has 1 unspecified atom stereocenters. The molecule has 2 N–H and O–H groups in total. The number of ketones is 1. The van der Waals surface area contributed by atoms with Crippen LogP contribution in [0.15, 0.2) is 89.7 Å². The van der Waals surface area contributed by atoms with Gasteiger partial charge in [-0.1, -0.05) is 90.5 Å². The molecule has 1 atom stereocenters. The normalized spacial score (nSPS) is 15.3. The lowest BCUT2D eigenvalue weighted by Crippen LogP contribution is -2.44. The number of anilines is 1. The number of aryl methyl sites for hydroxylation is 3. The highest BCUT2D eigenvalue weighted by atomic mass is 16.1. The molecule has 0 bridgehead atoms. The molecule has 0 aliphatic carbocycles. The Balaban J connectivity index is 1.48. The number of nitrogens with two attached hydrogens (primary N) is 1. The van der Waals surface area contributed by atoms with Gasteiger partial charge in [0.15, 0.2) is 16.9 Å². The first-order valence-electron chi connectivity index (χ1n) is 14.6. The van der Waals surface area contributed by atoms with Crippen molar-refractivity contribution in [3.8, 4) is 0 Å². The third-order valence-electron chi connectivity index (χ3n) is 8.00. The van der Waals surface area contributed by atoms with Crippen LogP contribution in [0.1, 0.15) is 45.7 Å². The van der Waals surface area contributed by atoms with E-state index < -0.39 is 0 Å². The van der Waals surface area contributed by atoms with E-state index in [0.29, 0.717) is 54.4 Å². The van der Waals surface area contributed by atoms with Crippen molar-refractivity contribution in [2.45, 2.75) is 51.7 Å². The fraction of sp³-hybridized carbons (Fsp3) is 0.294. The third-order valence-corrected chi connectivity index (χ3v) is 8.00. The molecule has 0 amide bonds. The molecule has 3 heterocycles. The van der Waals surface area contributed by atoms with Crippen molar-refractivity contribution in [3.63, 3.8) is 0 Å². The number of piperidine rings is 1. The van der Waals surface area contributed by atoms with Gasteiger partial charge in [0.2, 0.25) is 5.95 Å². The van der Waals surface area contributed by atoms with Gasteiger partial charge in [-0.15, -0.1) is 0 Å². The van der Waals surface area contributed by atoms with Gasteiger partial charge < -0.3 is 10.6 Å². The molecule has 8 heteroatoms. The summed E-state index contributed by atoms with van der Waals surface area (Å²) in [6, 6.07) is 27.6. The number of Topliss-reactive ketones (excluding diaryl/α,β-unsaturated/α-hetero) is 1. The lowest BCUT2D eigenvalue weighted by atomic mass is 10.1. The van der Waals surface area contributed by atoms with E-state index in [1.54, 1.807) is 4.57 Å². The van der Waals surface area contributed by atoms with Crippen molar-refractivity contribution < 1.29 is 4.79 Å². The Morgan fingerprint density at radius 3 is 2.26 bits per heavy atom. The molecular weight excluding hydrogens is 524 g/mol. The summed E-state index contributed by atoms with van der Waals surface area (Å²) in [5.74, 6) is 1.13. The van der Waals surface area contributed by atoms with Gasteiger partial charge in [-0.05, 0) is 37.3 Å². The van der Waals surface area contributed by atoms with E-state index >= 15 is 0 Å². The molecule has 1 fully saturated rings. The fourth-order valence-corrected chi connectivity index (χ4v) is 5.72. The molecule has 2 aromatic heterocycles. The highest BCUT2D eigenvalue weighted by Gasteiger charge is 2.26. The number of benzene rings is 3. The maximum atomic E-state index is 14.4. The molecule has 0 spiro atoms. The summed E-state index contributed by atoms with van der Waals surface area (Å²) in [5, 5.41) is 0. The van der Waals surface area contributed by atoms with Crippen LogP contribution in [0.25, 0.3) is 11.2 Å². The van der Waals surface area contributed by atoms with Crippen LogP contribution in [0.2, 0.25) is 0 Å². The van der Waals surface area contributed by atoms with Crippen LogP contribution in [0.5, 0.6) is 0 Å². The summed E-state index contributed by atoms with van der Waals surface area (Å²) in [4.78, 5) is 40.0. The summed E-state index contributed by atoms with van der Waals surface area (Å²) >= 11 is 0. The minimum absolute atomic E-state index is 0.0434. The Labute approximate surface area is 245 Å². The molecule has 214 valence electrons. The minimum Gasteiger partial charge on any atom is -0.341 e. The van der Waals surface area contributed by atoms with Crippen LogP contribution in [-0.2, 0) is 25.9 Å². The maximum Gasteiger partial charge on any atom is 0.280 e. The van der Waals surface area contributed by atoms with E-state index in [1.165, 1.54) is 0 Å². The second-order valence-corrected chi connectivity index (χ2v) is 11.2. The molecular formula is C34H36N6O2. The fourth-order valence-electron chi connectivity index (χ4n) is 5.72. The predicted molar refractivity (Wildman–Crippen MR) is 166 cm³/mol. The van der Waals surface area contributed by atoms with Crippen molar-refractivity contribution in [3.05, 3.63) is 123 Å². The number of nitrogens with zero attached hydrogens (tertiary/aromatic N) is 5.